The molecule has 0 heterocycles. The van der Waals surface area contributed by atoms with Crippen LogP contribution in [-0.4, -0.2) is 17.2 Å². The van der Waals surface area contributed by atoms with Gasteiger partial charge in [-0.3, -0.25) is 0 Å². The second kappa shape index (κ2) is 7.51. The van der Waals surface area contributed by atoms with Crippen LogP contribution in [0.3, 0.4) is 0 Å². The smallest absolute Gasteiger partial charge is 0.328 e. The van der Waals surface area contributed by atoms with E-state index in [1.54, 1.807) is 6.07 Å². The summed E-state index contributed by atoms with van der Waals surface area (Å²) in [6, 6.07) is 5.37. The van der Waals surface area contributed by atoms with Gasteiger partial charge in [-0.2, -0.15) is 0 Å². The Morgan fingerprint density at radius 1 is 1.48 bits per heavy atom. The van der Waals surface area contributed by atoms with Gasteiger partial charge < -0.3 is 9.84 Å². The molecule has 0 bridgehead atoms. The monoisotopic (exact) mass is 308 g/mol. The highest BCUT2D eigenvalue weighted by atomic mass is 35.5. The standard InChI is InChI=1S/C17H21ClO3/c1-2-12-4-3-5-14(10-12)21-16-8-6-13(11-15(16)18)7-9-17(19)20/h6-9,11-12,14H,2-5,10H2,1H3,(H,19,20). The first-order chi connectivity index (χ1) is 10.1. The van der Waals surface area contributed by atoms with Crippen LogP contribution in [0.2, 0.25) is 5.02 Å². The van der Waals surface area contributed by atoms with E-state index in [-0.39, 0.29) is 6.10 Å². The summed E-state index contributed by atoms with van der Waals surface area (Å²) >= 11 is 6.23. The molecule has 1 aliphatic carbocycles. The van der Waals surface area contributed by atoms with Crippen LogP contribution in [0, 0.1) is 5.92 Å². The first-order valence-corrected chi connectivity index (χ1v) is 7.83. The molecule has 2 unspecified atom stereocenters. The van der Waals surface area contributed by atoms with Crippen molar-refractivity contribution in [2.24, 2.45) is 5.92 Å². The van der Waals surface area contributed by atoms with E-state index in [0.717, 1.165) is 30.4 Å². The van der Waals surface area contributed by atoms with E-state index in [2.05, 4.69) is 6.92 Å². The highest BCUT2D eigenvalue weighted by Gasteiger charge is 2.22. The van der Waals surface area contributed by atoms with E-state index in [9.17, 15) is 4.79 Å². The SMILES string of the molecule is CCC1CCCC(Oc2ccc(C=CC(=O)O)cc2Cl)C1. The van der Waals surface area contributed by atoms with Crippen molar-refractivity contribution in [3.8, 4) is 5.75 Å². The number of halogens is 1. The largest absolute Gasteiger partial charge is 0.489 e. The molecule has 1 saturated carbocycles. The third-order valence-corrected chi connectivity index (χ3v) is 4.28. The van der Waals surface area contributed by atoms with Gasteiger partial charge in [0.05, 0.1) is 11.1 Å². The lowest BCUT2D eigenvalue weighted by Crippen LogP contribution is -2.25. The molecule has 1 N–H and O–H groups in total. The fraction of sp³-hybridized carbons (Fsp3) is 0.471. The molecule has 1 fully saturated rings. The maximum atomic E-state index is 10.5. The number of carboxylic acids is 1. The number of aliphatic carboxylic acids is 1. The van der Waals surface area contributed by atoms with Crippen molar-refractivity contribution in [2.45, 2.75) is 45.1 Å². The molecule has 4 heteroatoms. The lowest BCUT2D eigenvalue weighted by Gasteiger charge is -2.29. The molecule has 21 heavy (non-hydrogen) atoms. The van der Waals surface area contributed by atoms with Crippen molar-refractivity contribution in [3.05, 3.63) is 34.9 Å². The topological polar surface area (TPSA) is 46.5 Å². The molecule has 1 aromatic rings. The molecule has 0 spiro atoms. The van der Waals surface area contributed by atoms with E-state index in [1.165, 1.54) is 25.3 Å². The minimum atomic E-state index is -0.973. The summed E-state index contributed by atoms with van der Waals surface area (Å²) in [4.78, 5) is 10.5. The van der Waals surface area contributed by atoms with Gasteiger partial charge in [0, 0.05) is 6.08 Å². The summed E-state index contributed by atoms with van der Waals surface area (Å²) in [5, 5.41) is 9.15. The molecule has 1 aliphatic rings. The highest BCUT2D eigenvalue weighted by Crippen LogP contribution is 2.33. The third kappa shape index (κ3) is 4.78. The molecule has 0 amide bonds. The van der Waals surface area contributed by atoms with Gasteiger partial charge in [-0.05, 0) is 49.0 Å². The van der Waals surface area contributed by atoms with Crippen molar-refractivity contribution >= 4 is 23.6 Å². The maximum absolute atomic E-state index is 10.5. The molecule has 2 rings (SSSR count). The molecule has 3 nitrogen and oxygen atoms in total. The zero-order valence-corrected chi connectivity index (χ0v) is 13.0. The van der Waals surface area contributed by atoms with Crippen LogP contribution in [0.1, 0.15) is 44.6 Å². The Kier molecular flexibility index (Phi) is 5.68. The van der Waals surface area contributed by atoms with Gasteiger partial charge >= 0.3 is 5.97 Å². The van der Waals surface area contributed by atoms with E-state index in [0.29, 0.717) is 10.8 Å². The summed E-state index contributed by atoms with van der Waals surface area (Å²) in [7, 11) is 0. The van der Waals surface area contributed by atoms with E-state index >= 15 is 0 Å². The van der Waals surface area contributed by atoms with Gasteiger partial charge in [0.2, 0.25) is 0 Å². The number of rotatable bonds is 5. The van der Waals surface area contributed by atoms with Crippen molar-refractivity contribution in [1.82, 2.24) is 0 Å². The van der Waals surface area contributed by atoms with E-state index < -0.39 is 5.97 Å². The van der Waals surface area contributed by atoms with Crippen LogP contribution in [0.5, 0.6) is 5.75 Å². The van der Waals surface area contributed by atoms with E-state index in [1.807, 2.05) is 12.1 Å². The zero-order chi connectivity index (χ0) is 15.2. The Hall–Kier alpha value is -1.48. The Labute approximate surface area is 130 Å². The lowest BCUT2D eigenvalue weighted by atomic mass is 9.85. The summed E-state index contributed by atoms with van der Waals surface area (Å²) in [6.07, 6.45) is 8.73. The predicted molar refractivity (Wildman–Crippen MR) is 84.8 cm³/mol. The maximum Gasteiger partial charge on any atom is 0.328 e. The predicted octanol–water partition coefficient (Wildman–Crippen LogP) is 4.79. The molecule has 1 aromatic carbocycles. The Morgan fingerprint density at radius 3 is 2.95 bits per heavy atom. The molecular weight excluding hydrogens is 288 g/mol. The van der Waals surface area contributed by atoms with Crippen molar-refractivity contribution in [1.29, 1.82) is 0 Å². The zero-order valence-electron chi connectivity index (χ0n) is 12.2. The average molecular weight is 309 g/mol. The highest BCUT2D eigenvalue weighted by molar-refractivity contribution is 6.32. The molecule has 0 saturated heterocycles. The first-order valence-electron chi connectivity index (χ1n) is 7.45. The van der Waals surface area contributed by atoms with Crippen LogP contribution in [0.25, 0.3) is 6.08 Å². The lowest BCUT2D eigenvalue weighted by molar-refractivity contribution is -0.131. The normalized spacial score (nSPS) is 22.4. The van der Waals surface area contributed by atoms with Gasteiger partial charge in [-0.15, -0.1) is 0 Å². The molecule has 0 radical (unpaired) electrons. The second-order valence-corrected chi connectivity index (χ2v) is 5.95. The fourth-order valence-electron chi connectivity index (χ4n) is 2.78. The average Bonchev–Trinajstić information content (AvgIpc) is 2.48. The Bertz CT molecular complexity index is 525. The van der Waals surface area contributed by atoms with Crippen LogP contribution in [-0.2, 0) is 4.79 Å². The first kappa shape index (κ1) is 15.9. The van der Waals surface area contributed by atoms with Crippen molar-refractivity contribution < 1.29 is 14.6 Å². The Morgan fingerprint density at radius 2 is 2.29 bits per heavy atom. The Balaban J connectivity index is 2.02. The summed E-state index contributed by atoms with van der Waals surface area (Å²) in [6.45, 7) is 2.23. The van der Waals surface area contributed by atoms with Crippen LogP contribution in [0.4, 0.5) is 0 Å². The molecule has 2 atom stereocenters. The summed E-state index contributed by atoms with van der Waals surface area (Å²) in [5.41, 5.74) is 0.754. The fourth-order valence-corrected chi connectivity index (χ4v) is 3.02. The number of carboxylic acid groups (broad SMARTS) is 1. The number of carbonyl (C=O) groups is 1. The molecule has 0 aromatic heterocycles. The third-order valence-electron chi connectivity index (χ3n) is 3.98. The van der Waals surface area contributed by atoms with Gasteiger partial charge in [-0.25, -0.2) is 4.79 Å². The number of ether oxygens (including phenoxy) is 1. The molecule has 114 valence electrons. The second-order valence-electron chi connectivity index (χ2n) is 5.54. The molecular formula is C17H21ClO3. The number of hydrogen-bond donors (Lipinski definition) is 1. The quantitative estimate of drug-likeness (QED) is 0.796. The van der Waals surface area contributed by atoms with Crippen LogP contribution in [0.15, 0.2) is 24.3 Å². The van der Waals surface area contributed by atoms with Crippen molar-refractivity contribution in [3.63, 3.8) is 0 Å². The van der Waals surface area contributed by atoms with Gasteiger partial charge in [0.1, 0.15) is 5.75 Å². The number of hydrogen-bond acceptors (Lipinski definition) is 2. The van der Waals surface area contributed by atoms with E-state index in [4.69, 9.17) is 21.4 Å². The van der Waals surface area contributed by atoms with Gasteiger partial charge in [-0.1, -0.05) is 37.4 Å². The molecule has 0 aliphatic heterocycles. The minimum absolute atomic E-state index is 0.238. The number of benzene rings is 1. The van der Waals surface area contributed by atoms with Gasteiger partial charge in [0.25, 0.3) is 0 Å². The van der Waals surface area contributed by atoms with Crippen LogP contribution < -0.4 is 4.74 Å². The van der Waals surface area contributed by atoms with Crippen molar-refractivity contribution in [2.75, 3.05) is 0 Å². The minimum Gasteiger partial charge on any atom is -0.489 e. The summed E-state index contributed by atoms with van der Waals surface area (Å²) in [5.74, 6) is 0.463. The van der Waals surface area contributed by atoms with Gasteiger partial charge in [0.15, 0.2) is 0 Å². The van der Waals surface area contributed by atoms with Crippen LogP contribution >= 0.6 is 11.6 Å². The summed E-state index contributed by atoms with van der Waals surface area (Å²) < 4.78 is 6.03.